The van der Waals surface area contributed by atoms with Crippen molar-refractivity contribution in [2.75, 3.05) is 24.3 Å². The fourth-order valence-corrected chi connectivity index (χ4v) is 1.76. The van der Waals surface area contributed by atoms with Gasteiger partial charge in [-0.25, -0.2) is 4.98 Å². The van der Waals surface area contributed by atoms with Crippen molar-refractivity contribution in [3.05, 3.63) is 48.0 Å². The topological polar surface area (TPSA) is 58.1 Å². The molecule has 0 atom stereocenters. The Labute approximate surface area is 124 Å². The summed E-state index contributed by atoms with van der Waals surface area (Å²) >= 11 is 0. The summed E-state index contributed by atoms with van der Waals surface area (Å²) in [5.74, 6) is -0.754. The Morgan fingerprint density at radius 2 is 1.95 bits per heavy atom. The summed E-state index contributed by atoms with van der Waals surface area (Å²) in [6.45, 7) is 0. The molecule has 0 aliphatic carbocycles. The summed E-state index contributed by atoms with van der Waals surface area (Å²) in [7, 11) is 3.26. The van der Waals surface area contributed by atoms with Crippen LogP contribution < -0.4 is 10.2 Å². The van der Waals surface area contributed by atoms with Crippen LogP contribution in [0.4, 0.5) is 24.5 Å². The molecule has 0 aliphatic heterocycles. The minimum absolute atomic E-state index is 0.0627. The Morgan fingerprint density at radius 1 is 1.23 bits per heavy atom. The maximum Gasteiger partial charge on any atom is 0.418 e. The van der Waals surface area contributed by atoms with Crippen LogP contribution in [0.3, 0.4) is 0 Å². The summed E-state index contributed by atoms with van der Waals surface area (Å²) in [5, 5.41) is 2.22. The number of benzene rings is 1. The molecule has 2 rings (SSSR count). The summed E-state index contributed by atoms with van der Waals surface area (Å²) in [6.07, 6.45) is -0.758. The molecule has 2 aromatic rings. The maximum atomic E-state index is 13.1. The molecule has 0 saturated carbocycles. The second-order valence-electron chi connectivity index (χ2n) is 4.67. The number of nitrogens with zero attached hydrogens (tertiary/aromatic N) is 3. The first-order valence-electron chi connectivity index (χ1n) is 6.25. The lowest BCUT2D eigenvalue weighted by Crippen LogP contribution is -2.19. The van der Waals surface area contributed by atoms with E-state index in [9.17, 15) is 18.0 Å². The number of carbonyl (C=O) groups is 1. The van der Waals surface area contributed by atoms with E-state index in [1.165, 1.54) is 30.7 Å². The second kappa shape index (κ2) is 6.00. The number of rotatable bonds is 3. The number of hydrogen-bond acceptors (Lipinski definition) is 4. The highest BCUT2D eigenvalue weighted by Gasteiger charge is 2.34. The first kappa shape index (κ1) is 15.7. The zero-order valence-corrected chi connectivity index (χ0v) is 11.8. The third-order valence-electron chi connectivity index (χ3n) is 2.87. The van der Waals surface area contributed by atoms with E-state index in [4.69, 9.17) is 0 Å². The molecule has 0 spiro atoms. The number of amides is 1. The van der Waals surface area contributed by atoms with Gasteiger partial charge in [0.25, 0.3) is 5.91 Å². The zero-order valence-electron chi connectivity index (χ0n) is 11.8. The van der Waals surface area contributed by atoms with Crippen LogP contribution in [0.2, 0.25) is 0 Å². The molecule has 1 amide bonds. The Morgan fingerprint density at radius 3 is 2.50 bits per heavy atom. The van der Waals surface area contributed by atoms with Crippen molar-refractivity contribution in [2.45, 2.75) is 6.18 Å². The smallest absolute Gasteiger partial charge is 0.378 e. The normalized spacial score (nSPS) is 11.1. The molecule has 1 aromatic carbocycles. The largest absolute Gasteiger partial charge is 0.418 e. The van der Waals surface area contributed by atoms with Gasteiger partial charge in [-0.15, -0.1) is 0 Å². The molecule has 22 heavy (non-hydrogen) atoms. The lowest BCUT2D eigenvalue weighted by atomic mass is 10.1. The molecule has 0 unspecified atom stereocenters. The van der Waals surface area contributed by atoms with E-state index in [2.05, 4.69) is 15.3 Å². The average Bonchev–Trinajstić information content (AvgIpc) is 2.47. The molecule has 0 radical (unpaired) electrons. The van der Waals surface area contributed by atoms with E-state index in [-0.39, 0.29) is 11.4 Å². The molecule has 1 N–H and O–H groups in total. The molecule has 0 aliphatic rings. The SMILES string of the molecule is CN(C)c1ccc(NC(=O)c2cnccn2)c(C(F)(F)F)c1. The third-order valence-corrected chi connectivity index (χ3v) is 2.87. The van der Waals surface area contributed by atoms with Gasteiger partial charge in [-0.05, 0) is 18.2 Å². The number of halogens is 3. The van der Waals surface area contributed by atoms with Gasteiger partial charge in [-0.3, -0.25) is 9.78 Å². The second-order valence-corrected chi connectivity index (χ2v) is 4.67. The number of hydrogen-bond donors (Lipinski definition) is 1. The van der Waals surface area contributed by atoms with Crippen molar-refractivity contribution >= 4 is 17.3 Å². The fraction of sp³-hybridized carbons (Fsp3) is 0.214. The van der Waals surface area contributed by atoms with Crippen LogP contribution in [0.5, 0.6) is 0 Å². The lowest BCUT2D eigenvalue weighted by molar-refractivity contribution is -0.136. The van der Waals surface area contributed by atoms with Crippen molar-refractivity contribution in [1.82, 2.24) is 9.97 Å². The highest BCUT2D eigenvalue weighted by Crippen LogP contribution is 2.37. The summed E-state index contributed by atoms with van der Waals surface area (Å²) < 4.78 is 39.4. The Bertz CT molecular complexity index is 672. The Hall–Kier alpha value is -2.64. The molecular formula is C14H13F3N4O. The van der Waals surface area contributed by atoms with Gasteiger partial charge < -0.3 is 10.2 Å². The van der Waals surface area contributed by atoms with Gasteiger partial charge in [-0.2, -0.15) is 13.2 Å². The average molecular weight is 310 g/mol. The number of alkyl halides is 3. The van der Waals surface area contributed by atoms with Gasteiger partial charge in [0.05, 0.1) is 17.4 Å². The zero-order chi connectivity index (χ0) is 16.3. The van der Waals surface area contributed by atoms with Crippen molar-refractivity contribution in [3.8, 4) is 0 Å². The Kier molecular flexibility index (Phi) is 4.30. The molecular weight excluding hydrogens is 297 g/mol. The number of anilines is 2. The van der Waals surface area contributed by atoms with Gasteiger partial charge in [0.1, 0.15) is 5.69 Å². The summed E-state index contributed by atoms with van der Waals surface area (Å²) in [6, 6.07) is 3.68. The van der Waals surface area contributed by atoms with Crippen molar-refractivity contribution in [1.29, 1.82) is 0 Å². The Balaban J connectivity index is 2.36. The van der Waals surface area contributed by atoms with Crippen LogP contribution >= 0.6 is 0 Å². The van der Waals surface area contributed by atoms with E-state index >= 15 is 0 Å². The number of aromatic nitrogens is 2. The molecule has 0 bridgehead atoms. The quantitative estimate of drug-likeness (QED) is 0.947. The van der Waals surface area contributed by atoms with Crippen LogP contribution in [0, 0.1) is 0 Å². The highest BCUT2D eigenvalue weighted by molar-refractivity contribution is 6.03. The van der Waals surface area contributed by atoms with Gasteiger partial charge in [0, 0.05) is 32.2 Å². The van der Waals surface area contributed by atoms with E-state index in [0.717, 1.165) is 6.07 Å². The molecule has 5 nitrogen and oxygen atoms in total. The molecule has 8 heteroatoms. The summed E-state index contributed by atoms with van der Waals surface area (Å²) in [5.41, 5.74) is -0.929. The van der Waals surface area contributed by atoms with Crippen molar-refractivity contribution in [2.24, 2.45) is 0 Å². The van der Waals surface area contributed by atoms with Crippen LogP contribution in [0.25, 0.3) is 0 Å². The first-order chi connectivity index (χ1) is 10.3. The first-order valence-corrected chi connectivity index (χ1v) is 6.25. The standard InChI is InChI=1S/C14H13F3N4O/c1-21(2)9-3-4-11(10(7-9)14(15,16)17)20-13(22)12-8-18-5-6-19-12/h3-8H,1-2H3,(H,20,22). The van der Waals surface area contributed by atoms with Gasteiger partial charge >= 0.3 is 6.18 Å². The van der Waals surface area contributed by atoms with E-state index < -0.39 is 17.6 Å². The number of carbonyl (C=O) groups excluding carboxylic acids is 1. The van der Waals surface area contributed by atoms with Crippen LogP contribution in [-0.2, 0) is 6.18 Å². The molecule has 1 heterocycles. The molecule has 1 aromatic heterocycles. The maximum absolute atomic E-state index is 13.1. The van der Waals surface area contributed by atoms with Crippen molar-refractivity contribution in [3.63, 3.8) is 0 Å². The van der Waals surface area contributed by atoms with Crippen LogP contribution in [0.1, 0.15) is 16.1 Å². The van der Waals surface area contributed by atoms with Crippen LogP contribution in [-0.4, -0.2) is 30.0 Å². The van der Waals surface area contributed by atoms with Gasteiger partial charge in [0.15, 0.2) is 0 Å². The lowest BCUT2D eigenvalue weighted by Gasteiger charge is -2.18. The van der Waals surface area contributed by atoms with Crippen molar-refractivity contribution < 1.29 is 18.0 Å². The minimum Gasteiger partial charge on any atom is -0.378 e. The predicted octanol–water partition coefficient (Wildman–Crippen LogP) is 2.81. The van der Waals surface area contributed by atoms with Crippen LogP contribution in [0.15, 0.2) is 36.8 Å². The predicted molar refractivity (Wildman–Crippen MR) is 75.8 cm³/mol. The fourth-order valence-electron chi connectivity index (χ4n) is 1.76. The van der Waals surface area contributed by atoms with E-state index in [0.29, 0.717) is 5.69 Å². The van der Waals surface area contributed by atoms with Gasteiger partial charge in [0.2, 0.25) is 0 Å². The summed E-state index contributed by atoms with van der Waals surface area (Å²) in [4.78, 5) is 20.9. The number of nitrogens with one attached hydrogen (secondary N) is 1. The molecule has 0 saturated heterocycles. The third kappa shape index (κ3) is 3.51. The monoisotopic (exact) mass is 310 g/mol. The highest BCUT2D eigenvalue weighted by atomic mass is 19.4. The molecule has 116 valence electrons. The minimum atomic E-state index is -4.59. The van der Waals surface area contributed by atoms with E-state index in [1.54, 1.807) is 19.0 Å². The van der Waals surface area contributed by atoms with Gasteiger partial charge in [-0.1, -0.05) is 0 Å². The molecule has 0 fully saturated rings. The van der Waals surface area contributed by atoms with E-state index in [1.807, 2.05) is 0 Å².